The van der Waals surface area contributed by atoms with Crippen LogP contribution in [0.5, 0.6) is 0 Å². The van der Waals surface area contributed by atoms with Crippen LogP contribution >= 0.6 is 0 Å². The van der Waals surface area contributed by atoms with Crippen LogP contribution in [-0.4, -0.2) is 40.7 Å². The molecule has 1 aromatic heterocycles. The van der Waals surface area contributed by atoms with E-state index in [1.54, 1.807) is 12.1 Å². The van der Waals surface area contributed by atoms with Crippen molar-refractivity contribution in [3.8, 4) is 0 Å². The van der Waals surface area contributed by atoms with Gasteiger partial charge in [0.15, 0.2) is 5.76 Å². The molecular weight excluding hydrogens is 396 g/mol. The lowest BCUT2D eigenvalue weighted by molar-refractivity contribution is 0.0692. The molecule has 2 atom stereocenters. The first-order valence-corrected chi connectivity index (χ1v) is 11.5. The van der Waals surface area contributed by atoms with Crippen molar-refractivity contribution in [1.29, 1.82) is 0 Å². The topological polar surface area (TPSA) is 53.8 Å². The summed E-state index contributed by atoms with van der Waals surface area (Å²) < 4.78 is 18.2. The summed E-state index contributed by atoms with van der Waals surface area (Å²) in [6.45, 7) is 6.29. The molecule has 30 heavy (non-hydrogen) atoms. The maximum atomic E-state index is 12.9. The van der Waals surface area contributed by atoms with Crippen molar-refractivity contribution in [1.82, 2.24) is 4.90 Å². The Morgan fingerprint density at radius 1 is 1.07 bits per heavy atom. The van der Waals surface area contributed by atoms with Crippen LogP contribution in [0.4, 0.5) is 5.69 Å². The number of hydrogen-bond donors (Lipinski definition) is 0. The Morgan fingerprint density at radius 2 is 1.87 bits per heavy atom. The van der Waals surface area contributed by atoms with Crippen LogP contribution in [0.25, 0.3) is 0 Å². The number of furan rings is 1. The van der Waals surface area contributed by atoms with Gasteiger partial charge in [-0.15, -0.1) is 0 Å². The van der Waals surface area contributed by atoms with E-state index in [0.717, 1.165) is 11.4 Å². The molecule has 156 valence electrons. The van der Waals surface area contributed by atoms with Gasteiger partial charge in [0.1, 0.15) is 5.76 Å². The third-order valence-corrected chi connectivity index (χ3v) is 6.74. The summed E-state index contributed by atoms with van der Waals surface area (Å²) in [4.78, 5) is 17.9. The Morgan fingerprint density at radius 3 is 2.60 bits per heavy atom. The van der Waals surface area contributed by atoms with E-state index in [1.165, 1.54) is 11.3 Å². The third-order valence-electron chi connectivity index (χ3n) is 5.40. The van der Waals surface area contributed by atoms with Crippen molar-refractivity contribution in [3.63, 3.8) is 0 Å². The van der Waals surface area contributed by atoms with E-state index in [1.807, 2.05) is 35.2 Å². The second kappa shape index (κ2) is 8.88. The van der Waals surface area contributed by atoms with E-state index in [-0.39, 0.29) is 17.7 Å². The fourth-order valence-electron chi connectivity index (χ4n) is 3.84. The molecule has 0 spiro atoms. The number of piperazine rings is 1. The lowest BCUT2D eigenvalue weighted by atomic mass is 10.1. The fraction of sp³-hybridized carbons (Fsp3) is 0.292. The van der Waals surface area contributed by atoms with Crippen molar-refractivity contribution >= 4 is 22.4 Å². The highest BCUT2D eigenvalue weighted by Crippen LogP contribution is 2.23. The molecule has 1 fully saturated rings. The zero-order valence-electron chi connectivity index (χ0n) is 17.3. The number of aryl methyl sites for hydroxylation is 1. The van der Waals surface area contributed by atoms with Crippen molar-refractivity contribution in [2.75, 3.05) is 24.5 Å². The molecule has 0 radical (unpaired) electrons. The minimum Gasteiger partial charge on any atom is -0.455 e. The standard InChI is InChI=1S/C24H26N2O3S/c1-18-7-6-8-20(15-18)26-14-13-25(16-19(26)2)24(27)23-12-11-21(29-23)17-30(28)22-9-4-3-5-10-22/h3-12,15,19H,13-14,16-17H2,1-2H3/t19-,30+/m1/s1. The van der Waals surface area contributed by atoms with Gasteiger partial charge < -0.3 is 14.2 Å². The van der Waals surface area contributed by atoms with Crippen LogP contribution in [0.3, 0.4) is 0 Å². The van der Waals surface area contributed by atoms with Crippen molar-refractivity contribution in [2.24, 2.45) is 0 Å². The first-order valence-electron chi connectivity index (χ1n) is 10.2. The van der Waals surface area contributed by atoms with Gasteiger partial charge in [0.2, 0.25) is 0 Å². The van der Waals surface area contributed by atoms with E-state index < -0.39 is 10.8 Å². The zero-order chi connectivity index (χ0) is 21.1. The number of anilines is 1. The molecule has 1 aliphatic heterocycles. The summed E-state index contributed by atoms with van der Waals surface area (Å²) in [6.07, 6.45) is 0. The van der Waals surface area contributed by atoms with Crippen molar-refractivity contribution in [2.45, 2.75) is 30.5 Å². The molecule has 4 rings (SSSR count). The first kappa shape index (κ1) is 20.4. The molecule has 0 bridgehead atoms. The minimum absolute atomic E-state index is 0.109. The Balaban J connectivity index is 1.39. The van der Waals surface area contributed by atoms with Crippen molar-refractivity contribution in [3.05, 3.63) is 83.8 Å². The molecule has 0 aliphatic carbocycles. The van der Waals surface area contributed by atoms with Crippen LogP contribution in [0.1, 0.15) is 28.8 Å². The third kappa shape index (κ3) is 4.49. The van der Waals surface area contributed by atoms with Crippen LogP contribution in [0.15, 0.2) is 76.0 Å². The van der Waals surface area contributed by atoms with E-state index >= 15 is 0 Å². The van der Waals surface area contributed by atoms with E-state index in [0.29, 0.717) is 24.6 Å². The van der Waals surface area contributed by atoms with E-state index in [9.17, 15) is 9.00 Å². The average molecular weight is 423 g/mol. The van der Waals surface area contributed by atoms with Crippen LogP contribution in [0, 0.1) is 6.92 Å². The Bertz CT molecular complexity index is 1050. The van der Waals surface area contributed by atoms with Gasteiger partial charge in [0.25, 0.3) is 5.91 Å². The van der Waals surface area contributed by atoms with E-state index in [4.69, 9.17) is 4.42 Å². The highest BCUT2D eigenvalue weighted by atomic mass is 32.2. The molecular formula is C24H26N2O3S. The highest BCUT2D eigenvalue weighted by Gasteiger charge is 2.29. The number of nitrogens with zero attached hydrogens (tertiary/aromatic N) is 2. The fourth-order valence-corrected chi connectivity index (χ4v) is 4.88. The van der Waals surface area contributed by atoms with Gasteiger partial charge in [-0.3, -0.25) is 9.00 Å². The predicted octanol–water partition coefficient (Wildman–Crippen LogP) is 4.25. The molecule has 1 aliphatic rings. The molecule has 3 aromatic rings. The first-order chi connectivity index (χ1) is 14.5. The average Bonchev–Trinajstić information content (AvgIpc) is 3.22. The van der Waals surface area contributed by atoms with Crippen molar-refractivity contribution < 1.29 is 13.4 Å². The smallest absolute Gasteiger partial charge is 0.289 e. The summed E-state index contributed by atoms with van der Waals surface area (Å²) in [5.41, 5.74) is 2.42. The van der Waals surface area contributed by atoms with Gasteiger partial charge in [-0.2, -0.15) is 0 Å². The second-order valence-electron chi connectivity index (χ2n) is 7.70. The predicted molar refractivity (Wildman–Crippen MR) is 119 cm³/mol. The Hall–Kier alpha value is -2.86. The normalized spacial score (nSPS) is 17.7. The monoisotopic (exact) mass is 422 g/mol. The Kier molecular flexibility index (Phi) is 6.04. The number of carbonyl (C=O) groups is 1. The molecule has 6 heteroatoms. The largest absolute Gasteiger partial charge is 0.455 e. The lowest BCUT2D eigenvalue weighted by Gasteiger charge is -2.41. The number of amides is 1. The molecule has 0 unspecified atom stereocenters. The van der Waals surface area contributed by atoms with Crippen LogP contribution in [-0.2, 0) is 16.6 Å². The molecule has 2 heterocycles. The van der Waals surface area contributed by atoms with E-state index in [2.05, 4.69) is 43.0 Å². The Labute approximate surface area is 179 Å². The maximum absolute atomic E-state index is 12.9. The lowest BCUT2D eigenvalue weighted by Crippen LogP contribution is -2.53. The summed E-state index contributed by atoms with van der Waals surface area (Å²) >= 11 is 0. The van der Waals surface area contributed by atoms with Crippen LogP contribution in [0.2, 0.25) is 0 Å². The van der Waals surface area contributed by atoms with Gasteiger partial charge in [0.05, 0.1) is 16.6 Å². The second-order valence-corrected chi connectivity index (χ2v) is 9.15. The number of carbonyl (C=O) groups excluding carboxylic acids is 1. The molecule has 0 N–H and O–H groups in total. The SMILES string of the molecule is Cc1cccc(N2CCN(C(=O)c3ccc(C[S@](=O)c4ccccc4)o3)C[C@H]2C)c1. The molecule has 1 saturated heterocycles. The molecule has 2 aromatic carbocycles. The van der Waals surface area contributed by atoms with Gasteiger partial charge in [0, 0.05) is 36.3 Å². The summed E-state index contributed by atoms with van der Waals surface area (Å²) in [7, 11) is -1.20. The summed E-state index contributed by atoms with van der Waals surface area (Å²) in [5.74, 6) is 1.02. The number of rotatable bonds is 5. The maximum Gasteiger partial charge on any atom is 0.289 e. The summed E-state index contributed by atoms with van der Waals surface area (Å²) in [5, 5.41) is 0. The minimum atomic E-state index is -1.20. The molecule has 5 nitrogen and oxygen atoms in total. The van der Waals surface area contributed by atoms with Gasteiger partial charge >= 0.3 is 0 Å². The summed E-state index contributed by atoms with van der Waals surface area (Å²) in [6, 6.07) is 21.4. The van der Waals surface area contributed by atoms with Crippen LogP contribution < -0.4 is 4.90 Å². The quantitative estimate of drug-likeness (QED) is 0.617. The molecule has 1 amide bonds. The highest BCUT2D eigenvalue weighted by molar-refractivity contribution is 7.84. The van der Waals surface area contributed by atoms with Gasteiger partial charge in [-0.05, 0) is 55.8 Å². The van der Waals surface area contributed by atoms with Gasteiger partial charge in [-0.1, -0.05) is 30.3 Å². The zero-order valence-corrected chi connectivity index (χ0v) is 18.1. The molecule has 0 saturated carbocycles. The van der Waals surface area contributed by atoms with Gasteiger partial charge in [-0.25, -0.2) is 0 Å². The number of benzene rings is 2. The number of hydrogen-bond acceptors (Lipinski definition) is 4.